The van der Waals surface area contributed by atoms with E-state index in [1.165, 1.54) is 0 Å². The first-order valence-electron chi connectivity index (χ1n) is 9.02. The van der Waals surface area contributed by atoms with E-state index >= 15 is 0 Å². The van der Waals surface area contributed by atoms with Crippen molar-refractivity contribution in [1.29, 1.82) is 5.26 Å². The standard InChI is InChI=1S/C19H26N4O2/c1-19(2,3)23-11-13(10-20)9-16(23)21-17(24)15-5-4-8-22(12-15)18(25)14-6-7-14/h9,11,14-15H,4-8,12H2,1-3H3,(H,21,24)/t15-/m0/s1. The van der Waals surface area contributed by atoms with Gasteiger partial charge in [-0.1, -0.05) is 0 Å². The van der Waals surface area contributed by atoms with Gasteiger partial charge in [-0.15, -0.1) is 0 Å². The number of nitrogens with one attached hydrogen (secondary N) is 1. The molecule has 1 aromatic rings. The van der Waals surface area contributed by atoms with Crippen molar-refractivity contribution >= 4 is 17.6 Å². The molecule has 1 saturated carbocycles. The summed E-state index contributed by atoms with van der Waals surface area (Å²) < 4.78 is 1.92. The maximum absolute atomic E-state index is 12.8. The number of anilines is 1. The Morgan fingerprint density at radius 1 is 1.24 bits per heavy atom. The number of hydrogen-bond donors (Lipinski definition) is 1. The molecule has 0 radical (unpaired) electrons. The molecule has 2 fully saturated rings. The average molecular weight is 342 g/mol. The number of nitrogens with zero attached hydrogens (tertiary/aromatic N) is 3. The van der Waals surface area contributed by atoms with Gasteiger partial charge in [-0.25, -0.2) is 0 Å². The van der Waals surface area contributed by atoms with Crippen molar-refractivity contribution in [1.82, 2.24) is 9.47 Å². The van der Waals surface area contributed by atoms with Gasteiger partial charge in [-0.05, 0) is 52.5 Å². The second-order valence-electron chi connectivity index (χ2n) is 8.15. The van der Waals surface area contributed by atoms with Gasteiger partial charge in [-0.3, -0.25) is 9.59 Å². The van der Waals surface area contributed by atoms with Crippen molar-refractivity contribution in [3.8, 4) is 6.07 Å². The van der Waals surface area contributed by atoms with E-state index in [2.05, 4.69) is 11.4 Å². The molecule has 2 amide bonds. The maximum atomic E-state index is 12.8. The van der Waals surface area contributed by atoms with E-state index in [4.69, 9.17) is 5.26 Å². The second kappa shape index (κ2) is 6.55. The molecule has 6 heteroatoms. The van der Waals surface area contributed by atoms with Gasteiger partial charge in [0.2, 0.25) is 11.8 Å². The molecule has 0 aromatic carbocycles. The summed E-state index contributed by atoms with van der Waals surface area (Å²) in [6.45, 7) is 7.35. The SMILES string of the molecule is CC(C)(C)n1cc(C#N)cc1NC(=O)[C@H]1CCCN(C(=O)C2CC2)C1. The number of amides is 2. The van der Waals surface area contributed by atoms with Crippen LogP contribution in [0.5, 0.6) is 0 Å². The minimum Gasteiger partial charge on any atom is -0.342 e. The lowest BCUT2D eigenvalue weighted by molar-refractivity contribution is -0.135. The molecule has 0 bridgehead atoms. The fourth-order valence-corrected chi connectivity index (χ4v) is 3.38. The van der Waals surface area contributed by atoms with E-state index in [1.807, 2.05) is 30.2 Å². The van der Waals surface area contributed by atoms with Crippen molar-refractivity contribution < 1.29 is 9.59 Å². The molecule has 2 heterocycles. The van der Waals surface area contributed by atoms with Crippen LogP contribution in [0, 0.1) is 23.2 Å². The smallest absolute Gasteiger partial charge is 0.230 e. The lowest BCUT2D eigenvalue weighted by Gasteiger charge is -2.32. The molecule has 1 aromatic heterocycles. The predicted octanol–water partition coefficient (Wildman–Crippen LogP) is 2.70. The number of piperidine rings is 1. The van der Waals surface area contributed by atoms with Crippen LogP contribution in [0.4, 0.5) is 5.82 Å². The molecule has 1 aliphatic heterocycles. The number of aromatic nitrogens is 1. The zero-order valence-electron chi connectivity index (χ0n) is 15.2. The van der Waals surface area contributed by atoms with Crippen molar-refractivity contribution in [3.63, 3.8) is 0 Å². The highest BCUT2D eigenvalue weighted by Gasteiger charge is 2.37. The van der Waals surface area contributed by atoms with Crippen LogP contribution in [0.1, 0.15) is 52.0 Å². The monoisotopic (exact) mass is 342 g/mol. The van der Waals surface area contributed by atoms with Crippen molar-refractivity contribution in [2.24, 2.45) is 11.8 Å². The van der Waals surface area contributed by atoms with E-state index < -0.39 is 0 Å². The predicted molar refractivity (Wildman–Crippen MR) is 94.8 cm³/mol. The lowest BCUT2D eigenvalue weighted by atomic mass is 9.96. The summed E-state index contributed by atoms with van der Waals surface area (Å²) in [5.74, 6) is 0.784. The maximum Gasteiger partial charge on any atom is 0.230 e. The zero-order chi connectivity index (χ0) is 18.2. The van der Waals surface area contributed by atoms with E-state index in [9.17, 15) is 9.59 Å². The van der Waals surface area contributed by atoms with E-state index in [0.717, 1.165) is 32.2 Å². The Kier molecular flexibility index (Phi) is 4.59. The van der Waals surface area contributed by atoms with Crippen LogP contribution in [-0.4, -0.2) is 34.4 Å². The van der Waals surface area contributed by atoms with Crippen LogP contribution in [0.3, 0.4) is 0 Å². The normalized spacial score (nSPS) is 20.9. The quantitative estimate of drug-likeness (QED) is 0.917. The number of rotatable bonds is 3. The van der Waals surface area contributed by atoms with Crippen molar-refractivity contribution in [2.45, 2.75) is 52.0 Å². The zero-order valence-corrected chi connectivity index (χ0v) is 15.2. The number of nitriles is 1. The Morgan fingerprint density at radius 3 is 2.56 bits per heavy atom. The fraction of sp³-hybridized carbons (Fsp3) is 0.632. The van der Waals surface area contributed by atoms with Gasteiger partial charge in [0.25, 0.3) is 0 Å². The number of hydrogen-bond acceptors (Lipinski definition) is 3. The number of carbonyl (C=O) groups excluding carboxylic acids is 2. The van der Waals surface area contributed by atoms with Crippen LogP contribution in [0.25, 0.3) is 0 Å². The van der Waals surface area contributed by atoms with Crippen LogP contribution in [-0.2, 0) is 15.1 Å². The summed E-state index contributed by atoms with van der Waals surface area (Å²) in [6.07, 6.45) is 5.39. The van der Waals surface area contributed by atoms with Gasteiger partial charge in [0.1, 0.15) is 11.9 Å². The summed E-state index contributed by atoms with van der Waals surface area (Å²) in [6, 6.07) is 3.84. The molecule has 0 unspecified atom stereocenters. The number of carbonyl (C=O) groups is 2. The third-order valence-electron chi connectivity index (χ3n) is 4.95. The fourth-order valence-electron chi connectivity index (χ4n) is 3.38. The van der Waals surface area contributed by atoms with Gasteiger partial charge in [-0.2, -0.15) is 5.26 Å². The molecule has 6 nitrogen and oxygen atoms in total. The van der Waals surface area contributed by atoms with Gasteiger partial charge >= 0.3 is 0 Å². The molecule has 134 valence electrons. The highest BCUT2D eigenvalue weighted by atomic mass is 16.2. The first-order valence-corrected chi connectivity index (χ1v) is 9.02. The second-order valence-corrected chi connectivity index (χ2v) is 8.15. The Bertz CT molecular complexity index is 719. The van der Waals surface area contributed by atoms with E-state index in [1.54, 1.807) is 12.3 Å². The Hall–Kier alpha value is -2.29. The molecule has 0 spiro atoms. The molecule has 1 aliphatic carbocycles. The lowest BCUT2D eigenvalue weighted by Crippen LogP contribution is -2.44. The third-order valence-corrected chi connectivity index (χ3v) is 4.95. The summed E-state index contributed by atoms with van der Waals surface area (Å²) in [5, 5.41) is 12.1. The Labute approximate surface area is 148 Å². The van der Waals surface area contributed by atoms with Gasteiger partial charge < -0.3 is 14.8 Å². The molecule has 25 heavy (non-hydrogen) atoms. The van der Waals surface area contributed by atoms with Gasteiger partial charge in [0.05, 0.1) is 11.5 Å². The highest BCUT2D eigenvalue weighted by molar-refractivity contribution is 5.93. The molecule has 1 N–H and O–H groups in total. The first-order chi connectivity index (χ1) is 11.8. The third kappa shape index (κ3) is 3.87. The van der Waals surface area contributed by atoms with Crippen molar-refractivity contribution in [3.05, 3.63) is 17.8 Å². The summed E-state index contributed by atoms with van der Waals surface area (Å²) in [5.41, 5.74) is 0.289. The van der Waals surface area contributed by atoms with Gasteiger partial charge in [0, 0.05) is 30.7 Å². The van der Waals surface area contributed by atoms with E-state index in [0.29, 0.717) is 17.9 Å². The molecule has 3 rings (SSSR count). The molecule has 1 saturated heterocycles. The molecular weight excluding hydrogens is 316 g/mol. The van der Waals surface area contributed by atoms with Crippen LogP contribution in [0.15, 0.2) is 12.3 Å². The summed E-state index contributed by atoms with van der Waals surface area (Å²) in [7, 11) is 0. The van der Waals surface area contributed by atoms with E-state index in [-0.39, 0.29) is 29.2 Å². The minimum absolute atomic E-state index is 0.0682. The Morgan fingerprint density at radius 2 is 1.96 bits per heavy atom. The molecule has 1 atom stereocenters. The average Bonchev–Trinajstić information content (AvgIpc) is 3.33. The Balaban J connectivity index is 1.70. The first kappa shape index (κ1) is 17.5. The molecular formula is C19H26N4O2. The summed E-state index contributed by atoms with van der Waals surface area (Å²) >= 11 is 0. The van der Waals surface area contributed by atoms with Crippen LogP contribution >= 0.6 is 0 Å². The largest absolute Gasteiger partial charge is 0.342 e. The van der Waals surface area contributed by atoms with Gasteiger partial charge in [0.15, 0.2) is 0 Å². The summed E-state index contributed by atoms with van der Waals surface area (Å²) in [4.78, 5) is 26.9. The van der Waals surface area contributed by atoms with Crippen molar-refractivity contribution in [2.75, 3.05) is 18.4 Å². The minimum atomic E-state index is -0.238. The molecule has 2 aliphatic rings. The highest BCUT2D eigenvalue weighted by Crippen LogP contribution is 2.33. The number of likely N-dealkylation sites (tertiary alicyclic amines) is 1. The van der Waals surface area contributed by atoms with Crippen LogP contribution < -0.4 is 5.32 Å². The topological polar surface area (TPSA) is 78.1 Å². The van der Waals surface area contributed by atoms with Crippen LogP contribution in [0.2, 0.25) is 0 Å².